The molecule has 2 nitrogen and oxygen atoms in total. The van der Waals surface area contributed by atoms with E-state index in [4.69, 9.17) is 9.47 Å². The van der Waals surface area contributed by atoms with Crippen molar-refractivity contribution in [3.05, 3.63) is 23.5 Å². The Labute approximate surface area is 73.9 Å². The van der Waals surface area contributed by atoms with Crippen LogP contribution in [0.5, 0.6) is 0 Å². The lowest BCUT2D eigenvalue weighted by molar-refractivity contribution is 0.208. The third-order valence-electron chi connectivity index (χ3n) is 1.78. The molecule has 2 aliphatic rings. The van der Waals surface area contributed by atoms with E-state index in [-0.39, 0.29) is 0 Å². The van der Waals surface area contributed by atoms with Gasteiger partial charge in [-0.3, -0.25) is 0 Å². The van der Waals surface area contributed by atoms with Gasteiger partial charge in [-0.15, -0.1) is 0 Å². The molecule has 12 heavy (non-hydrogen) atoms. The zero-order valence-electron chi connectivity index (χ0n) is 7.80. The first-order chi connectivity index (χ1) is 5.79. The van der Waals surface area contributed by atoms with Crippen molar-refractivity contribution < 1.29 is 9.47 Å². The first-order valence-electron chi connectivity index (χ1n) is 4.29. The molecule has 0 fully saturated rings. The van der Waals surface area contributed by atoms with Gasteiger partial charge in [-0.1, -0.05) is 6.08 Å². The third kappa shape index (κ3) is 3.58. The lowest BCUT2D eigenvalue weighted by atomic mass is 10.3. The Morgan fingerprint density at radius 2 is 2.08 bits per heavy atom. The van der Waals surface area contributed by atoms with Gasteiger partial charge in [0.2, 0.25) is 0 Å². The Hall–Kier alpha value is -0.760. The zero-order valence-corrected chi connectivity index (χ0v) is 7.80. The van der Waals surface area contributed by atoms with Crippen LogP contribution in [0.2, 0.25) is 0 Å². The van der Waals surface area contributed by atoms with Crippen molar-refractivity contribution >= 4 is 0 Å². The molecule has 0 aliphatic carbocycles. The summed E-state index contributed by atoms with van der Waals surface area (Å²) in [5, 5.41) is 0. The summed E-state index contributed by atoms with van der Waals surface area (Å²) in [4.78, 5) is 0. The van der Waals surface area contributed by atoms with Crippen LogP contribution in [-0.4, -0.2) is 19.8 Å². The molecule has 0 saturated carbocycles. The van der Waals surface area contributed by atoms with Crippen molar-refractivity contribution in [3.63, 3.8) is 0 Å². The van der Waals surface area contributed by atoms with Gasteiger partial charge in [-0.2, -0.15) is 0 Å². The second kappa shape index (κ2) is 4.99. The van der Waals surface area contributed by atoms with E-state index in [9.17, 15) is 0 Å². The highest BCUT2D eigenvalue weighted by Gasteiger charge is 1.95. The third-order valence-corrected chi connectivity index (χ3v) is 1.78. The molecule has 0 radical (unpaired) electrons. The van der Waals surface area contributed by atoms with Gasteiger partial charge in [0.15, 0.2) is 0 Å². The topological polar surface area (TPSA) is 18.5 Å². The quantitative estimate of drug-likeness (QED) is 0.516. The number of ether oxygens (including phenoxy) is 2. The van der Waals surface area contributed by atoms with Gasteiger partial charge in [-0.25, -0.2) is 0 Å². The standard InChI is InChI=1S/2C5H8O/c2*1-5-2-3-6-4-5/h4H,2-3H2,1H3;2H,3-4H2,1H3. The SMILES string of the molecule is CC1=CCOC1.CC1=COCC1. The Morgan fingerprint density at radius 3 is 2.25 bits per heavy atom. The van der Waals surface area contributed by atoms with E-state index in [1.165, 1.54) is 11.1 Å². The van der Waals surface area contributed by atoms with Crippen molar-refractivity contribution in [3.8, 4) is 0 Å². The van der Waals surface area contributed by atoms with Gasteiger partial charge >= 0.3 is 0 Å². The van der Waals surface area contributed by atoms with Crippen LogP contribution < -0.4 is 0 Å². The summed E-state index contributed by atoms with van der Waals surface area (Å²) in [6.07, 6.45) is 5.04. The fourth-order valence-electron chi connectivity index (χ4n) is 0.960. The molecule has 0 bridgehead atoms. The minimum absolute atomic E-state index is 0.825. The van der Waals surface area contributed by atoms with Gasteiger partial charge in [0.1, 0.15) is 0 Å². The van der Waals surface area contributed by atoms with E-state index in [1.807, 2.05) is 6.26 Å². The molecule has 0 aromatic heterocycles. The van der Waals surface area contributed by atoms with Crippen LogP contribution in [0.4, 0.5) is 0 Å². The minimum Gasteiger partial charge on any atom is -0.501 e. The molecular weight excluding hydrogens is 152 g/mol. The molecule has 2 rings (SSSR count). The normalized spacial score (nSPS) is 20.5. The van der Waals surface area contributed by atoms with Gasteiger partial charge in [-0.05, 0) is 25.0 Å². The largest absolute Gasteiger partial charge is 0.501 e. The summed E-state index contributed by atoms with van der Waals surface area (Å²) in [7, 11) is 0. The molecule has 0 unspecified atom stereocenters. The summed E-state index contributed by atoms with van der Waals surface area (Å²) in [5.74, 6) is 0. The van der Waals surface area contributed by atoms with Crippen molar-refractivity contribution in [2.75, 3.05) is 19.8 Å². The molecule has 0 spiro atoms. The van der Waals surface area contributed by atoms with Gasteiger partial charge in [0.25, 0.3) is 0 Å². The van der Waals surface area contributed by atoms with E-state index < -0.39 is 0 Å². The van der Waals surface area contributed by atoms with E-state index in [0.717, 1.165) is 26.2 Å². The molecule has 0 aromatic rings. The number of hydrogen-bond acceptors (Lipinski definition) is 2. The van der Waals surface area contributed by atoms with Crippen molar-refractivity contribution in [1.29, 1.82) is 0 Å². The summed E-state index contributed by atoms with van der Waals surface area (Å²) >= 11 is 0. The van der Waals surface area contributed by atoms with Crippen molar-refractivity contribution in [2.24, 2.45) is 0 Å². The first kappa shape index (κ1) is 9.33. The molecule has 0 atom stereocenters. The van der Waals surface area contributed by atoms with Gasteiger partial charge in [0.05, 0.1) is 26.1 Å². The Balaban J connectivity index is 0.000000120. The second-order valence-electron chi connectivity index (χ2n) is 3.15. The summed E-state index contributed by atoms with van der Waals surface area (Å²) in [6, 6.07) is 0. The highest BCUT2D eigenvalue weighted by Crippen LogP contribution is 2.06. The zero-order chi connectivity index (χ0) is 8.81. The van der Waals surface area contributed by atoms with E-state index in [2.05, 4.69) is 19.9 Å². The van der Waals surface area contributed by atoms with Crippen LogP contribution in [0.1, 0.15) is 20.3 Å². The predicted molar refractivity (Wildman–Crippen MR) is 48.9 cm³/mol. The van der Waals surface area contributed by atoms with Crippen molar-refractivity contribution in [2.45, 2.75) is 20.3 Å². The molecular formula is C10H16O2. The van der Waals surface area contributed by atoms with Gasteiger partial charge in [0, 0.05) is 6.42 Å². The van der Waals surface area contributed by atoms with Crippen LogP contribution in [-0.2, 0) is 9.47 Å². The maximum Gasteiger partial charge on any atom is 0.0911 e. The Bertz CT molecular complexity index is 170. The van der Waals surface area contributed by atoms with Crippen molar-refractivity contribution in [1.82, 2.24) is 0 Å². The molecule has 2 heterocycles. The van der Waals surface area contributed by atoms with Crippen LogP contribution in [0.25, 0.3) is 0 Å². The fraction of sp³-hybridized carbons (Fsp3) is 0.600. The molecule has 2 aliphatic heterocycles. The summed E-state index contributed by atoms with van der Waals surface area (Å²) in [6.45, 7) is 6.72. The average molecular weight is 168 g/mol. The second-order valence-corrected chi connectivity index (χ2v) is 3.15. The van der Waals surface area contributed by atoms with E-state index >= 15 is 0 Å². The molecule has 0 aromatic carbocycles. The summed E-state index contributed by atoms with van der Waals surface area (Å²) < 4.78 is 9.86. The Kier molecular flexibility index (Phi) is 3.88. The highest BCUT2D eigenvalue weighted by molar-refractivity contribution is 5.02. The molecule has 0 amide bonds. The first-order valence-corrected chi connectivity index (χ1v) is 4.29. The monoisotopic (exact) mass is 168 g/mol. The lowest BCUT2D eigenvalue weighted by Crippen LogP contribution is -1.80. The van der Waals surface area contributed by atoms with Crippen LogP contribution >= 0.6 is 0 Å². The van der Waals surface area contributed by atoms with Crippen LogP contribution in [0.15, 0.2) is 23.5 Å². The highest BCUT2D eigenvalue weighted by atomic mass is 16.5. The smallest absolute Gasteiger partial charge is 0.0911 e. The van der Waals surface area contributed by atoms with E-state index in [0.29, 0.717) is 0 Å². The Morgan fingerprint density at radius 1 is 1.25 bits per heavy atom. The fourth-order valence-corrected chi connectivity index (χ4v) is 0.960. The maximum absolute atomic E-state index is 4.96. The molecule has 2 heteroatoms. The number of rotatable bonds is 0. The number of hydrogen-bond donors (Lipinski definition) is 0. The van der Waals surface area contributed by atoms with Gasteiger partial charge < -0.3 is 9.47 Å². The van der Waals surface area contributed by atoms with Crippen LogP contribution in [0, 0.1) is 0 Å². The molecule has 0 saturated heterocycles. The molecule has 0 N–H and O–H groups in total. The predicted octanol–water partition coefficient (Wildman–Crippen LogP) is 2.27. The van der Waals surface area contributed by atoms with Crippen LogP contribution in [0.3, 0.4) is 0 Å². The minimum atomic E-state index is 0.825. The molecule has 68 valence electrons. The lowest BCUT2D eigenvalue weighted by Gasteiger charge is -1.83. The summed E-state index contributed by atoms with van der Waals surface area (Å²) in [5.41, 5.74) is 2.71. The van der Waals surface area contributed by atoms with E-state index in [1.54, 1.807) is 0 Å². The maximum atomic E-state index is 4.96. The average Bonchev–Trinajstić information content (AvgIpc) is 2.63.